The topological polar surface area (TPSA) is 57.2 Å². The molecule has 0 rings (SSSR count). The molecular weight excluding hydrogens is 300 g/mol. The first-order chi connectivity index (χ1) is 9.55. The Hall–Kier alpha value is -0.270. The lowest BCUT2D eigenvalue weighted by molar-refractivity contribution is -0.921. The van der Waals surface area contributed by atoms with Crippen LogP contribution >= 0.6 is 0 Å². The van der Waals surface area contributed by atoms with Crippen LogP contribution in [-0.4, -0.2) is 48.9 Å². The van der Waals surface area contributed by atoms with Crippen LogP contribution in [0.25, 0.3) is 0 Å². The van der Waals surface area contributed by atoms with Gasteiger partial charge in [-0.3, -0.25) is 0 Å². The van der Waals surface area contributed by atoms with Gasteiger partial charge >= 0.3 is 5.25 Å². The summed E-state index contributed by atoms with van der Waals surface area (Å²) in [6, 6.07) is 0. The molecule has 21 heavy (non-hydrogen) atoms. The highest BCUT2D eigenvalue weighted by atomic mass is 32.2. The van der Waals surface area contributed by atoms with Gasteiger partial charge in [-0.1, -0.05) is 19.8 Å². The first-order valence-corrected chi connectivity index (χ1v) is 9.14. The van der Waals surface area contributed by atoms with E-state index < -0.39 is 21.8 Å². The fourth-order valence-electron chi connectivity index (χ4n) is 2.05. The molecule has 0 aromatic carbocycles. The van der Waals surface area contributed by atoms with E-state index in [0.29, 0.717) is 12.8 Å². The van der Waals surface area contributed by atoms with Crippen LogP contribution in [0.5, 0.6) is 0 Å². The van der Waals surface area contributed by atoms with E-state index in [1.54, 1.807) is 6.92 Å². The molecule has 0 saturated heterocycles. The van der Waals surface area contributed by atoms with E-state index in [4.69, 9.17) is 0 Å². The van der Waals surface area contributed by atoms with Crippen LogP contribution in [0.4, 0.5) is 8.78 Å². The third kappa shape index (κ3) is 8.68. The van der Waals surface area contributed by atoms with Crippen molar-refractivity contribution in [3.05, 3.63) is 0 Å². The van der Waals surface area contributed by atoms with Crippen molar-refractivity contribution in [1.82, 2.24) is 0 Å². The van der Waals surface area contributed by atoms with E-state index >= 15 is 0 Å². The minimum Gasteiger partial charge on any atom is -0.743 e. The molecule has 0 unspecified atom stereocenters. The number of halogens is 2. The Morgan fingerprint density at radius 3 is 1.48 bits per heavy atom. The summed E-state index contributed by atoms with van der Waals surface area (Å²) in [5, 5.41) is -4.10. The Morgan fingerprint density at radius 1 is 0.905 bits per heavy atom. The van der Waals surface area contributed by atoms with E-state index in [1.807, 2.05) is 0 Å². The molecule has 130 valence electrons. The second-order valence-corrected chi connectivity index (χ2v) is 6.66. The molecule has 0 aliphatic heterocycles. The molecule has 0 amide bonds. The van der Waals surface area contributed by atoms with Gasteiger partial charge in [0.05, 0.1) is 26.2 Å². The molecule has 0 radical (unpaired) electrons. The summed E-state index contributed by atoms with van der Waals surface area (Å²) < 4.78 is 55.8. The largest absolute Gasteiger partial charge is 0.743 e. The smallest absolute Gasteiger partial charge is 0.334 e. The summed E-state index contributed by atoms with van der Waals surface area (Å²) >= 11 is 0. The molecule has 0 bridgehead atoms. The Balaban J connectivity index is 0. The maximum atomic E-state index is 12.4. The zero-order chi connectivity index (χ0) is 17.2. The molecule has 0 aliphatic rings. The highest BCUT2D eigenvalue weighted by Crippen LogP contribution is 2.26. The van der Waals surface area contributed by atoms with Crippen molar-refractivity contribution in [3.8, 4) is 0 Å². The minimum absolute atomic E-state index is 0.0605. The van der Waals surface area contributed by atoms with Gasteiger partial charge in [0.15, 0.2) is 10.1 Å². The van der Waals surface area contributed by atoms with E-state index in [-0.39, 0.29) is 6.42 Å². The fourth-order valence-corrected chi connectivity index (χ4v) is 2.44. The van der Waals surface area contributed by atoms with Gasteiger partial charge in [0, 0.05) is 6.42 Å². The Bertz CT molecular complexity index is 338. The van der Waals surface area contributed by atoms with Gasteiger partial charge in [-0.2, -0.15) is 8.78 Å². The van der Waals surface area contributed by atoms with E-state index in [2.05, 4.69) is 27.7 Å². The van der Waals surface area contributed by atoms with Crippen LogP contribution in [0.3, 0.4) is 0 Å². The molecule has 7 heteroatoms. The van der Waals surface area contributed by atoms with Crippen LogP contribution < -0.4 is 0 Å². The monoisotopic (exact) mass is 331 g/mol. The highest BCUT2D eigenvalue weighted by molar-refractivity contribution is 7.86. The van der Waals surface area contributed by atoms with Crippen LogP contribution in [0.1, 0.15) is 60.3 Å². The first kappa shape index (κ1) is 23.0. The van der Waals surface area contributed by atoms with Gasteiger partial charge in [-0.15, -0.1) is 0 Å². The first-order valence-electron chi connectivity index (χ1n) is 7.74. The third-order valence-corrected chi connectivity index (χ3v) is 5.06. The highest BCUT2D eigenvalue weighted by Gasteiger charge is 2.36. The van der Waals surface area contributed by atoms with Crippen molar-refractivity contribution >= 4 is 10.1 Å². The standard InChI is InChI=1S/C8H20N.C6H12F2O3S/c1-5-9(6-2,7-3)8-4;1-2-3-4-5-6(7,8)12(9,10)11/h5-8H2,1-4H3;2-5H2,1H3,(H,9,10,11)/q+1;/p-1. The number of nitrogens with zero attached hydrogens (tertiary/aromatic N) is 1. The van der Waals surface area contributed by atoms with Crippen molar-refractivity contribution in [1.29, 1.82) is 0 Å². The maximum Gasteiger partial charge on any atom is 0.334 e. The molecule has 0 heterocycles. The number of hydrogen-bond donors (Lipinski definition) is 0. The van der Waals surface area contributed by atoms with Crippen LogP contribution in [0.2, 0.25) is 0 Å². The summed E-state index contributed by atoms with van der Waals surface area (Å²) in [5.41, 5.74) is 0. The number of quaternary nitrogens is 1. The zero-order valence-electron chi connectivity index (χ0n) is 14.0. The van der Waals surface area contributed by atoms with Crippen molar-refractivity contribution in [2.45, 2.75) is 65.6 Å². The molecular formula is C14H31F2NO3S. The summed E-state index contributed by atoms with van der Waals surface area (Å²) in [4.78, 5) is 0. The lowest BCUT2D eigenvalue weighted by Gasteiger charge is -2.34. The van der Waals surface area contributed by atoms with Gasteiger partial charge in [0.1, 0.15) is 0 Å². The predicted octanol–water partition coefficient (Wildman–Crippen LogP) is 3.59. The normalized spacial score (nSPS) is 12.8. The van der Waals surface area contributed by atoms with Gasteiger partial charge in [0.2, 0.25) is 0 Å². The minimum atomic E-state index is -5.47. The molecule has 0 aromatic rings. The van der Waals surface area contributed by atoms with Gasteiger partial charge in [-0.05, 0) is 34.1 Å². The maximum absolute atomic E-state index is 12.4. The van der Waals surface area contributed by atoms with Crippen LogP contribution in [-0.2, 0) is 10.1 Å². The molecule has 0 N–H and O–H groups in total. The van der Waals surface area contributed by atoms with Gasteiger partial charge in [0.25, 0.3) is 0 Å². The predicted molar refractivity (Wildman–Crippen MR) is 81.2 cm³/mol. The van der Waals surface area contributed by atoms with Crippen molar-refractivity contribution in [3.63, 3.8) is 0 Å². The lowest BCUT2D eigenvalue weighted by Crippen LogP contribution is -2.47. The summed E-state index contributed by atoms with van der Waals surface area (Å²) in [6.45, 7) is 16.0. The Labute approximate surface area is 128 Å². The quantitative estimate of drug-likeness (QED) is 0.368. The fraction of sp³-hybridized carbons (Fsp3) is 1.00. The van der Waals surface area contributed by atoms with Crippen LogP contribution in [0.15, 0.2) is 0 Å². The molecule has 0 fully saturated rings. The number of unbranched alkanes of at least 4 members (excludes halogenated alkanes) is 2. The second-order valence-electron chi connectivity index (χ2n) is 5.16. The average molecular weight is 331 g/mol. The molecule has 0 spiro atoms. The second kappa shape index (κ2) is 10.5. The Kier molecular flexibility index (Phi) is 11.5. The molecule has 0 saturated carbocycles. The van der Waals surface area contributed by atoms with E-state index in [1.165, 1.54) is 30.7 Å². The van der Waals surface area contributed by atoms with Gasteiger partial charge < -0.3 is 9.04 Å². The third-order valence-electron chi connectivity index (χ3n) is 4.12. The van der Waals surface area contributed by atoms with Crippen molar-refractivity contribution < 1.29 is 26.2 Å². The summed E-state index contributed by atoms with van der Waals surface area (Å²) in [6.07, 6.45) is 0.401. The summed E-state index contributed by atoms with van der Waals surface area (Å²) in [7, 11) is -5.47. The molecule has 0 aromatic heterocycles. The van der Waals surface area contributed by atoms with Crippen LogP contribution in [0, 0.1) is 0 Å². The molecule has 0 aliphatic carbocycles. The molecule has 0 atom stereocenters. The van der Waals surface area contributed by atoms with Crippen molar-refractivity contribution in [2.24, 2.45) is 0 Å². The van der Waals surface area contributed by atoms with E-state index in [9.17, 15) is 21.8 Å². The average Bonchev–Trinajstić information content (AvgIpc) is 2.42. The number of rotatable bonds is 9. The molecule has 4 nitrogen and oxygen atoms in total. The van der Waals surface area contributed by atoms with Crippen molar-refractivity contribution in [2.75, 3.05) is 26.2 Å². The number of alkyl halides is 2. The Morgan fingerprint density at radius 2 is 1.29 bits per heavy atom. The SMILES string of the molecule is CCCCCC(F)(F)S(=O)(=O)[O-].CC[N+](CC)(CC)CC. The lowest BCUT2D eigenvalue weighted by atomic mass is 10.2. The summed E-state index contributed by atoms with van der Waals surface area (Å²) in [5.74, 6) is 0. The van der Waals surface area contributed by atoms with Gasteiger partial charge in [-0.25, -0.2) is 8.42 Å². The number of hydrogen-bond acceptors (Lipinski definition) is 3. The zero-order valence-corrected chi connectivity index (χ0v) is 14.8. The van der Waals surface area contributed by atoms with E-state index in [0.717, 1.165) is 0 Å².